The van der Waals surface area contributed by atoms with Crippen LogP contribution in [0.4, 0.5) is 0 Å². The Bertz CT molecular complexity index is 905. The predicted molar refractivity (Wildman–Crippen MR) is 92.5 cm³/mol. The Balaban J connectivity index is 2.10. The topological polar surface area (TPSA) is 59.8 Å². The molecule has 0 aliphatic carbocycles. The van der Waals surface area contributed by atoms with Crippen LogP contribution in [0.25, 0.3) is 11.0 Å². The van der Waals surface area contributed by atoms with Crippen molar-refractivity contribution in [3.05, 3.63) is 64.7 Å². The van der Waals surface area contributed by atoms with E-state index in [0.717, 1.165) is 23.8 Å². The molecule has 0 saturated carbocycles. The summed E-state index contributed by atoms with van der Waals surface area (Å²) in [5.74, 6) is -0.269. The Morgan fingerprint density at radius 1 is 1.30 bits per heavy atom. The molecular formula is C17H16N4OS. The third kappa shape index (κ3) is 3.12. The van der Waals surface area contributed by atoms with Crippen LogP contribution in [0.5, 0.6) is 0 Å². The third-order valence-electron chi connectivity index (χ3n) is 3.49. The molecule has 0 aliphatic rings. The van der Waals surface area contributed by atoms with E-state index in [1.54, 1.807) is 29.2 Å². The summed E-state index contributed by atoms with van der Waals surface area (Å²) < 4.78 is 2.17. The fourth-order valence-electron chi connectivity index (χ4n) is 2.41. The lowest BCUT2D eigenvalue weighted by atomic mass is 10.1. The summed E-state index contributed by atoms with van der Waals surface area (Å²) in [6.45, 7) is 2.10. The number of aromatic nitrogens is 3. The van der Waals surface area contributed by atoms with E-state index in [-0.39, 0.29) is 5.91 Å². The molecule has 3 aromatic rings. The summed E-state index contributed by atoms with van der Waals surface area (Å²) in [7, 11) is 0. The molecule has 23 heavy (non-hydrogen) atoms. The average Bonchev–Trinajstić information content (AvgIpc) is 2.59. The Labute approximate surface area is 139 Å². The van der Waals surface area contributed by atoms with Crippen molar-refractivity contribution < 1.29 is 4.79 Å². The molecule has 0 atom stereocenters. The van der Waals surface area contributed by atoms with Crippen LogP contribution in [0.2, 0.25) is 0 Å². The lowest BCUT2D eigenvalue weighted by Gasteiger charge is -2.14. The van der Waals surface area contributed by atoms with Crippen molar-refractivity contribution in [2.75, 3.05) is 5.43 Å². The maximum Gasteiger partial charge on any atom is 0.271 e. The molecule has 1 N–H and O–H groups in total. The lowest BCUT2D eigenvalue weighted by molar-refractivity contribution is 0.101. The van der Waals surface area contributed by atoms with Gasteiger partial charge in [-0.05, 0) is 42.3 Å². The van der Waals surface area contributed by atoms with Crippen LogP contribution in [-0.4, -0.2) is 20.6 Å². The highest BCUT2D eigenvalue weighted by Crippen LogP contribution is 2.17. The van der Waals surface area contributed by atoms with Crippen molar-refractivity contribution in [3.63, 3.8) is 0 Å². The van der Waals surface area contributed by atoms with Crippen LogP contribution in [0.1, 0.15) is 29.3 Å². The Morgan fingerprint density at radius 3 is 2.87 bits per heavy atom. The molecule has 0 aromatic carbocycles. The van der Waals surface area contributed by atoms with Gasteiger partial charge in [0.25, 0.3) is 5.91 Å². The molecule has 0 aliphatic heterocycles. The van der Waals surface area contributed by atoms with Crippen LogP contribution >= 0.6 is 12.2 Å². The largest absolute Gasteiger partial charge is 0.271 e. The second kappa shape index (κ2) is 6.66. The van der Waals surface area contributed by atoms with Crippen molar-refractivity contribution in [2.24, 2.45) is 0 Å². The van der Waals surface area contributed by atoms with E-state index in [0.29, 0.717) is 15.9 Å². The van der Waals surface area contributed by atoms with Gasteiger partial charge in [-0.3, -0.25) is 15.2 Å². The molecule has 0 unspecified atom stereocenters. The van der Waals surface area contributed by atoms with Gasteiger partial charge in [0.1, 0.15) is 4.64 Å². The number of carbonyl (C=O) groups is 1. The summed E-state index contributed by atoms with van der Waals surface area (Å²) in [6, 6.07) is 9.30. The Hall–Kier alpha value is -2.60. The monoisotopic (exact) mass is 324 g/mol. The Morgan fingerprint density at radius 2 is 2.13 bits per heavy atom. The second-order valence-corrected chi connectivity index (χ2v) is 5.55. The maximum absolute atomic E-state index is 12.4. The molecule has 116 valence electrons. The van der Waals surface area contributed by atoms with Crippen LogP contribution < -0.4 is 5.43 Å². The zero-order chi connectivity index (χ0) is 16.2. The first-order chi connectivity index (χ1) is 11.2. The van der Waals surface area contributed by atoms with E-state index in [4.69, 9.17) is 12.2 Å². The maximum atomic E-state index is 12.4. The SMILES string of the molecule is CCCc1cc2cccnc2n(NC(=O)c2cccnc2)c1=S. The molecular weight excluding hydrogens is 308 g/mol. The lowest BCUT2D eigenvalue weighted by Crippen LogP contribution is -2.25. The number of amides is 1. The molecule has 0 fully saturated rings. The highest BCUT2D eigenvalue weighted by Gasteiger charge is 2.11. The molecule has 1 amide bonds. The zero-order valence-corrected chi connectivity index (χ0v) is 13.5. The van der Waals surface area contributed by atoms with Gasteiger partial charge in [0.05, 0.1) is 5.56 Å². The standard InChI is InChI=1S/C17H16N4OS/c1-2-5-13-10-12-6-4-9-19-15(12)21(17(13)23)20-16(22)14-7-3-8-18-11-14/h3-4,6-11H,2,5H2,1H3,(H,20,22). The molecule has 0 spiro atoms. The number of nitrogens with one attached hydrogen (secondary N) is 1. The van der Waals surface area contributed by atoms with Crippen LogP contribution in [0.3, 0.4) is 0 Å². The van der Waals surface area contributed by atoms with Gasteiger partial charge in [-0.15, -0.1) is 0 Å². The van der Waals surface area contributed by atoms with Gasteiger partial charge in [0.2, 0.25) is 0 Å². The average molecular weight is 324 g/mol. The fourth-order valence-corrected chi connectivity index (χ4v) is 2.71. The van der Waals surface area contributed by atoms with Crippen molar-refractivity contribution in [3.8, 4) is 0 Å². The van der Waals surface area contributed by atoms with Crippen LogP contribution in [0.15, 0.2) is 48.9 Å². The van der Waals surface area contributed by atoms with Gasteiger partial charge < -0.3 is 0 Å². The third-order valence-corrected chi connectivity index (χ3v) is 3.94. The number of fused-ring (bicyclic) bond motifs is 1. The van der Waals surface area contributed by atoms with E-state index < -0.39 is 0 Å². The molecule has 6 heteroatoms. The van der Waals surface area contributed by atoms with Crippen LogP contribution in [0, 0.1) is 4.64 Å². The molecule has 3 rings (SSSR count). The van der Waals surface area contributed by atoms with Gasteiger partial charge in [0, 0.05) is 24.0 Å². The number of carbonyl (C=O) groups excluding carboxylic acids is 1. The van der Waals surface area contributed by atoms with Gasteiger partial charge in [-0.25, -0.2) is 9.66 Å². The molecule has 3 aromatic heterocycles. The van der Waals surface area contributed by atoms with E-state index in [2.05, 4.69) is 22.3 Å². The van der Waals surface area contributed by atoms with Gasteiger partial charge >= 0.3 is 0 Å². The minimum Gasteiger partial charge on any atom is -0.267 e. The van der Waals surface area contributed by atoms with Crippen molar-refractivity contribution in [2.45, 2.75) is 19.8 Å². The normalized spacial score (nSPS) is 10.7. The summed E-state index contributed by atoms with van der Waals surface area (Å²) in [5.41, 5.74) is 4.97. The first-order valence-corrected chi connectivity index (χ1v) is 7.82. The van der Waals surface area contributed by atoms with Crippen LogP contribution in [-0.2, 0) is 6.42 Å². The summed E-state index contributed by atoms with van der Waals surface area (Å²) in [5, 5.41) is 0.941. The highest BCUT2D eigenvalue weighted by molar-refractivity contribution is 7.71. The van der Waals surface area contributed by atoms with E-state index in [1.807, 2.05) is 18.2 Å². The summed E-state index contributed by atoms with van der Waals surface area (Å²) in [4.78, 5) is 20.8. The number of rotatable bonds is 4. The summed E-state index contributed by atoms with van der Waals surface area (Å²) in [6.07, 6.45) is 6.66. The fraction of sp³-hybridized carbons (Fsp3) is 0.176. The first kappa shape index (κ1) is 15.3. The van der Waals surface area contributed by atoms with E-state index in [9.17, 15) is 4.79 Å². The number of nitrogens with zero attached hydrogens (tertiary/aromatic N) is 3. The number of hydrogen-bond acceptors (Lipinski definition) is 4. The molecule has 0 bridgehead atoms. The zero-order valence-electron chi connectivity index (χ0n) is 12.7. The van der Waals surface area contributed by atoms with Crippen molar-refractivity contribution in [1.29, 1.82) is 0 Å². The first-order valence-electron chi connectivity index (χ1n) is 7.41. The van der Waals surface area contributed by atoms with E-state index >= 15 is 0 Å². The van der Waals surface area contributed by atoms with Crippen molar-refractivity contribution >= 4 is 29.2 Å². The Kier molecular flexibility index (Phi) is 4.43. The predicted octanol–water partition coefficient (Wildman–Crippen LogP) is 3.50. The minimum atomic E-state index is -0.269. The number of pyridine rings is 3. The van der Waals surface area contributed by atoms with Crippen molar-refractivity contribution in [1.82, 2.24) is 14.6 Å². The number of aryl methyl sites for hydroxylation is 1. The molecule has 0 radical (unpaired) electrons. The highest BCUT2D eigenvalue weighted by atomic mass is 32.1. The van der Waals surface area contributed by atoms with E-state index in [1.165, 1.54) is 6.20 Å². The van der Waals surface area contributed by atoms with Gasteiger partial charge in [-0.2, -0.15) is 0 Å². The van der Waals surface area contributed by atoms with Gasteiger partial charge in [-0.1, -0.05) is 25.6 Å². The molecule has 5 nitrogen and oxygen atoms in total. The molecule has 3 heterocycles. The minimum absolute atomic E-state index is 0.269. The quantitative estimate of drug-likeness (QED) is 0.746. The van der Waals surface area contributed by atoms with Gasteiger partial charge in [0.15, 0.2) is 5.65 Å². The molecule has 0 saturated heterocycles. The number of hydrogen-bond donors (Lipinski definition) is 1. The smallest absolute Gasteiger partial charge is 0.267 e. The summed E-state index contributed by atoms with van der Waals surface area (Å²) >= 11 is 5.55. The second-order valence-electron chi connectivity index (χ2n) is 5.16.